The maximum Gasteiger partial charge on any atom is 1.00 e. The predicted octanol–water partition coefficient (Wildman–Crippen LogP) is -4.92. The van der Waals surface area contributed by atoms with Crippen LogP contribution in [0.3, 0.4) is 0 Å². The molecular weight excluding hydrogens is 399 g/mol. The second-order valence-electron chi connectivity index (χ2n) is 1.24. The maximum absolute atomic E-state index is 9.37. The SMILES string of the molecule is O=C(O)O.O=S(=O)([O-])OOS(=O)(=O)[O-].[Ag+].[K+]. The molecule has 0 amide bonds. The zero-order chi connectivity index (χ0) is 12.0. The van der Waals surface area contributed by atoms with Gasteiger partial charge in [-0.05, 0) is 0 Å². The van der Waals surface area contributed by atoms with Crippen LogP contribution in [0.15, 0.2) is 0 Å². The van der Waals surface area contributed by atoms with Gasteiger partial charge < -0.3 is 19.3 Å². The zero-order valence-electron chi connectivity index (χ0n) is 7.19. The van der Waals surface area contributed by atoms with Gasteiger partial charge in [-0.15, -0.1) is 8.67 Å². The van der Waals surface area contributed by atoms with E-state index in [4.69, 9.17) is 15.0 Å². The molecule has 0 bridgehead atoms. The number of carbonyl (C=O) groups is 1. The van der Waals surface area contributed by atoms with Crippen LogP contribution in [-0.4, -0.2) is 42.3 Å². The Balaban J connectivity index is -0.000000105. The van der Waals surface area contributed by atoms with Crippen molar-refractivity contribution in [3.63, 3.8) is 0 Å². The molecule has 0 aromatic heterocycles. The molecule has 2 N–H and O–H groups in total. The minimum Gasteiger partial charge on any atom is -0.724 e. The van der Waals surface area contributed by atoms with Gasteiger partial charge >= 0.3 is 79.9 Å². The molecule has 0 saturated heterocycles. The van der Waals surface area contributed by atoms with Crippen molar-refractivity contribution in [2.45, 2.75) is 0 Å². The van der Waals surface area contributed by atoms with E-state index < -0.39 is 27.0 Å². The van der Waals surface area contributed by atoms with Crippen LogP contribution < -0.4 is 51.4 Å². The molecule has 0 unspecified atom stereocenters. The summed E-state index contributed by atoms with van der Waals surface area (Å²) in [4.78, 5) is 8.56. The van der Waals surface area contributed by atoms with Crippen molar-refractivity contribution in [1.82, 2.24) is 0 Å². The molecule has 11 nitrogen and oxygen atoms in total. The zero-order valence-corrected chi connectivity index (χ0v) is 13.4. The van der Waals surface area contributed by atoms with E-state index in [0.717, 1.165) is 0 Å². The molecule has 0 radical (unpaired) electrons. The van der Waals surface area contributed by atoms with Crippen LogP contribution in [0.5, 0.6) is 0 Å². The first-order chi connectivity index (χ1) is 5.94. The third-order valence-corrected chi connectivity index (χ3v) is 0.750. The minimum atomic E-state index is -5.31. The van der Waals surface area contributed by atoms with Crippen LogP contribution in [0, 0.1) is 0 Å². The van der Waals surface area contributed by atoms with Crippen molar-refractivity contribution >= 4 is 27.0 Å². The van der Waals surface area contributed by atoms with Gasteiger partial charge in [0.25, 0.3) is 0 Å². The summed E-state index contributed by atoms with van der Waals surface area (Å²) in [7, 11) is -10.6. The van der Waals surface area contributed by atoms with Gasteiger partial charge in [0, 0.05) is 0 Å². The smallest absolute Gasteiger partial charge is 0.724 e. The molecule has 0 aromatic rings. The quantitative estimate of drug-likeness (QED) is 0.151. The topological polar surface area (TPSA) is 190 Å². The Labute approximate surface area is 148 Å². The molecule has 15 heteroatoms. The molecule has 0 rings (SSSR count). The molecule has 0 saturated carbocycles. The first-order valence-electron chi connectivity index (χ1n) is 2.15. The molecule has 0 atom stereocenters. The van der Waals surface area contributed by atoms with E-state index in [2.05, 4.69) is 8.67 Å². The second-order valence-corrected chi connectivity index (χ2v) is 3.14. The first kappa shape index (κ1) is 26.1. The summed E-state index contributed by atoms with van der Waals surface area (Å²) in [5, 5.41) is 13.9. The van der Waals surface area contributed by atoms with Gasteiger partial charge in [-0.1, -0.05) is 0 Å². The summed E-state index contributed by atoms with van der Waals surface area (Å²) >= 11 is 0. The summed E-state index contributed by atoms with van der Waals surface area (Å²) in [5.74, 6) is 0. The fourth-order valence-electron chi connectivity index (χ4n) is 0.0680. The van der Waals surface area contributed by atoms with Gasteiger partial charge in [0.05, 0.1) is 0 Å². The Kier molecular flexibility index (Phi) is 18.7. The number of hydrogen-bond donors (Lipinski definition) is 2. The van der Waals surface area contributed by atoms with Gasteiger partial charge in [0.1, 0.15) is 0 Å². The molecule has 16 heavy (non-hydrogen) atoms. The fraction of sp³-hybridized carbons (Fsp3) is 0. The van der Waals surface area contributed by atoms with Gasteiger partial charge in [-0.2, -0.15) is 0 Å². The maximum atomic E-state index is 9.37. The van der Waals surface area contributed by atoms with Crippen molar-refractivity contribution in [2.24, 2.45) is 0 Å². The van der Waals surface area contributed by atoms with Crippen LogP contribution >= 0.6 is 0 Å². The molecule has 96 valence electrons. The minimum absolute atomic E-state index is 0. The second kappa shape index (κ2) is 11.5. The molecule has 0 aromatic carbocycles. The molecule has 0 heterocycles. The van der Waals surface area contributed by atoms with E-state index in [9.17, 15) is 25.9 Å². The Morgan fingerprint density at radius 2 is 1.06 bits per heavy atom. The number of rotatable bonds is 3. The van der Waals surface area contributed by atoms with E-state index >= 15 is 0 Å². The largest absolute Gasteiger partial charge is 1.00 e. The van der Waals surface area contributed by atoms with Crippen LogP contribution in [0.4, 0.5) is 4.79 Å². The monoisotopic (exact) mass is 400 g/mol. The van der Waals surface area contributed by atoms with E-state index in [-0.39, 0.29) is 73.8 Å². The van der Waals surface area contributed by atoms with Gasteiger partial charge in [-0.3, -0.25) is 0 Å². The summed E-state index contributed by atoms with van der Waals surface area (Å²) in [5.41, 5.74) is 0. The van der Waals surface area contributed by atoms with Crippen molar-refractivity contribution in [2.75, 3.05) is 0 Å². The summed E-state index contributed by atoms with van der Waals surface area (Å²) < 4.78 is 61.5. The Morgan fingerprint density at radius 3 is 1.12 bits per heavy atom. The fourth-order valence-corrected chi connectivity index (χ4v) is 0.612. The van der Waals surface area contributed by atoms with Crippen LogP contribution in [0.25, 0.3) is 0 Å². The molecule has 0 aliphatic carbocycles. The van der Waals surface area contributed by atoms with Crippen molar-refractivity contribution in [3.8, 4) is 0 Å². The predicted molar refractivity (Wildman–Crippen MR) is 32.2 cm³/mol. The molecule has 0 spiro atoms. The standard InChI is InChI=1S/CH2O3.Ag.K.H2O8S2/c2-1(3)4;;;1-9(2,3)7-8-10(4,5)6/h(H2,2,3,4);;;(H,1,2,3)(H,4,5,6)/q;2*+1;/p-2. The third kappa shape index (κ3) is 45.3. The summed E-state index contributed by atoms with van der Waals surface area (Å²) in [6, 6.07) is 0. The number of hydrogen-bond acceptors (Lipinski definition) is 9. The van der Waals surface area contributed by atoms with Gasteiger partial charge in [-0.25, -0.2) is 21.6 Å². The Hall–Kier alpha value is 1.39. The van der Waals surface area contributed by atoms with E-state index in [0.29, 0.717) is 0 Å². The van der Waals surface area contributed by atoms with Crippen molar-refractivity contribution < 1.29 is 123 Å². The molecule has 0 aliphatic rings. The summed E-state index contributed by atoms with van der Waals surface area (Å²) in [6.45, 7) is 0. The Morgan fingerprint density at radius 1 is 0.938 bits per heavy atom. The van der Waals surface area contributed by atoms with E-state index in [1.807, 2.05) is 0 Å². The van der Waals surface area contributed by atoms with Crippen LogP contribution in [0.2, 0.25) is 0 Å². The van der Waals surface area contributed by atoms with E-state index in [1.165, 1.54) is 0 Å². The number of carboxylic acid groups (broad SMARTS) is 2. The molecular formula is CH2AgKO11S2. The van der Waals surface area contributed by atoms with Crippen LogP contribution in [0.1, 0.15) is 0 Å². The average Bonchev–Trinajstić information content (AvgIpc) is 1.79. The van der Waals surface area contributed by atoms with E-state index in [1.54, 1.807) is 0 Å². The van der Waals surface area contributed by atoms with Crippen molar-refractivity contribution in [1.29, 1.82) is 0 Å². The first-order valence-corrected chi connectivity index (χ1v) is 4.82. The third-order valence-electron chi connectivity index (χ3n) is 0.194. The van der Waals surface area contributed by atoms with Gasteiger partial charge in [0.15, 0.2) is 0 Å². The molecule has 0 aliphatic heterocycles. The van der Waals surface area contributed by atoms with Crippen molar-refractivity contribution in [3.05, 3.63) is 0 Å². The Bertz CT molecular complexity index is 331. The van der Waals surface area contributed by atoms with Crippen LogP contribution in [-0.2, 0) is 51.8 Å². The molecule has 0 fully saturated rings. The average molecular weight is 401 g/mol. The van der Waals surface area contributed by atoms with Gasteiger partial charge in [0.2, 0.25) is 20.8 Å². The summed E-state index contributed by atoms with van der Waals surface area (Å²) in [6.07, 6.45) is -1.83. The normalized spacial score (nSPS) is 9.88.